The summed E-state index contributed by atoms with van der Waals surface area (Å²) in [5.74, 6) is -1.05. The minimum Gasteiger partial charge on any atom is -0.480 e. The molecule has 1 atom stereocenters. The van der Waals surface area contributed by atoms with Crippen LogP contribution in [0.1, 0.15) is 27.5 Å². The number of carbonyl (C=O) groups is 2. The molecular weight excluding hydrogens is 354 g/mol. The highest BCUT2D eigenvalue weighted by molar-refractivity contribution is 5.94. The molecule has 2 aromatic carbocycles. The molecule has 0 saturated heterocycles. The molecule has 0 radical (unpaired) electrons. The number of carbonyl (C=O) groups excluding carboxylic acids is 1. The number of rotatable bonds is 6. The van der Waals surface area contributed by atoms with Crippen LogP contribution in [0, 0.1) is 0 Å². The van der Waals surface area contributed by atoms with Gasteiger partial charge in [0.1, 0.15) is 6.04 Å². The predicted octanol–water partition coefficient (Wildman–Crippen LogP) is 3.19. The van der Waals surface area contributed by atoms with Gasteiger partial charge >= 0.3 is 5.97 Å². The van der Waals surface area contributed by atoms with Crippen molar-refractivity contribution in [1.29, 1.82) is 0 Å². The zero-order valence-corrected chi connectivity index (χ0v) is 16.2. The van der Waals surface area contributed by atoms with Crippen LogP contribution in [-0.2, 0) is 11.3 Å². The number of pyridine rings is 1. The molecule has 28 heavy (non-hydrogen) atoms. The zero-order chi connectivity index (χ0) is 20.3. The Hall–Kier alpha value is -3.25. The van der Waals surface area contributed by atoms with E-state index in [-0.39, 0.29) is 5.91 Å². The number of likely N-dealkylation sites (N-methyl/N-ethyl adjacent to an activating group) is 1. The van der Waals surface area contributed by atoms with Crippen molar-refractivity contribution in [1.82, 2.24) is 14.8 Å². The average Bonchev–Trinajstić information content (AvgIpc) is 2.68. The molecule has 6 heteroatoms. The van der Waals surface area contributed by atoms with Crippen molar-refractivity contribution < 1.29 is 14.7 Å². The fraction of sp³-hybridized carbons (Fsp3) is 0.227. The van der Waals surface area contributed by atoms with E-state index in [0.717, 1.165) is 16.3 Å². The molecule has 0 fully saturated rings. The van der Waals surface area contributed by atoms with Gasteiger partial charge in [-0.2, -0.15) is 0 Å². The van der Waals surface area contributed by atoms with Gasteiger partial charge in [0.25, 0.3) is 5.91 Å². The van der Waals surface area contributed by atoms with Crippen molar-refractivity contribution in [2.75, 3.05) is 21.1 Å². The van der Waals surface area contributed by atoms with Crippen LogP contribution in [0.3, 0.4) is 0 Å². The Morgan fingerprint density at radius 3 is 2.39 bits per heavy atom. The minimum absolute atomic E-state index is 0.115. The average molecular weight is 377 g/mol. The summed E-state index contributed by atoms with van der Waals surface area (Å²) in [7, 11) is 5.16. The lowest BCUT2D eigenvalue weighted by atomic mass is 10.0. The van der Waals surface area contributed by atoms with Crippen molar-refractivity contribution in [3.63, 3.8) is 0 Å². The van der Waals surface area contributed by atoms with E-state index in [1.807, 2.05) is 24.3 Å². The lowest BCUT2D eigenvalue weighted by Crippen LogP contribution is -2.30. The molecule has 1 aromatic heterocycles. The quantitative estimate of drug-likeness (QED) is 0.714. The molecule has 0 aliphatic heterocycles. The van der Waals surface area contributed by atoms with E-state index >= 15 is 0 Å². The Morgan fingerprint density at radius 2 is 1.75 bits per heavy atom. The number of benzene rings is 2. The van der Waals surface area contributed by atoms with Gasteiger partial charge in [0, 0.05) is 44.0 Å². The first kappa shape index (κ1) is 19.5. The number of aromatic nitrogens is 1. The second-order valence-electron chi connectivity index (χ2n) is 6.99. The minimum atomic E-state index is -0.934. The topological polar surface area (TPSA) is 73.7 Å². The Kier molecular flexibility index (Phi) is 5.70. The fourth-order valence-corrected chi connectivity index (χ4v) is 3.34. The summed E-state index contributed by atoms with van der Waals surface area (Å²) in [5, 5.41) is 11.9. The van der Waals surface area contributed by atoms with Gasteiger partial charge in [-0.1, -0.05) is 30.3 Å². The molecule has 1 N–H and O–H groups in total. The van der Waals surface area contributed by atoms with Crippen LogP contribution in [-0.4, -0.2) is 52.9 Å². The second-order valence-corrected chi connectivity index (χ2v) is 6.99. The summed E-state index contributed by atoms with van der Waals surface area (Å²) >= 11 is 0. The standard InChI is InChI=1S/C22H23N3O3/c1-24(2)21(26)16-9-7-15(8-10-16)20(22(27)28)25(3)14-18-6-4-5-17-13-23-12-11-19(17)18/h4-13,20H,14H2,1-3H3,(H,27,28). The third kappa shape index (κ3) is 4.02. The van der Waals surface area contributed by atoms with E-state index in [1.54, 1.807) is 62.7 Å². The van der Waals surface area contributed by atoms with Crippen LogP contribution in [0.25, 0.3) is 10.8 Å². The lowest BCUT2D eigenvalue weighted by molar-refractivity contribution is -0.143. The highest BCUT2D eigenvalue weighted by Crippen LogP contribution is 2.25. The molecule has 1 unspecified atom stereocenters. The van der Waals surface area contributed by atoms with Crippen LogP contribution < -0.4 is 0 Å². The number of nitrogens with zero attached hydrogens (tertiary/aromatic N) is 3. The maximum atomic E-state index is 12.1. The molecule has 3 rings (SSSR count). The van der Waals surface area contributed by atoms with Crippen LogP contribution in [0.5, 0.6) is 0 Å². The number of amides is 1. The van der Waals surface area contributed by atoms with E-state index in [0.29, 0.717) is 17.7 Å². The Labute approximate surface area is 164 Å². The number of carboxylic acids is 1. The van der Waals surface area contributed by atoms with Gasteiger partial charge in [-0.05, 0) is 41.8 Å². The molecule has 0 saturated carbocycles. The number of hydrogen-bond acceptors (Lipinski definition) is 4. The molecule has 3 aromatic rings. The molecule has 0 spiro atoms. The Morgan fingerprint density at radius 1 is 1.04 bits per heavy atom. The summed E-state index contributed by atoms with van der Waals surface area (Å²) in [6.45, 7) is 0.469. The van der Waals surface area contributed by atoms with Gasteiger partial charge in [0.2, 0.25) is 0 Å². The highest BCUT2D eigenvalue weighted by Gasteiger charge is 2.25. The fourth-order valence-electron chi connectivity index (χ4n) is 3.34. The number of aliphatic carboxylic acids is 1. The molecule has 0 aliphatic carbocycles. The van der Waals surface area contributed by atoms with E-state index in [4.69, 9.17) is 0 Å². The summed E-state index contributed by atoms with van der Waals surface area (Å²) in [6.07, 6.45) is 3.54. The second kappa shape index (κ2) is 8.19. The number of hydrogen-bond donors (Lipinski definition) is 1. The normalized spacial score (nSPS) is 12.1. The van der Waals surface area contributed by atoms with E-state index < -0.39 is 12.0 Å². The summed E-state index contributed by atoms with van der Waals surface area (Å²) in [5.41, 5.74) is 2.20. The van der Waals surface area contributed by atoms with Crippen molar-refractivity contribution in [3.8, 4) is 0 Å². The zero-order valence-electron chi connectivity index (χ0n) is 16.2. The Balaban J connectivity index is 1.87. The summed E-state index contributed by atoms with van der Waals surface area (Å²) < 4.78 is 0. The van der Waals surface area contributed by atoms with Crippen LogP contribution in [0.15, 0.2) is 60.9 Å². The van der Waals surface area contributed by atoms with Gasteiger partial charge in [0.05, 0.1) is 0 Å². The van der Waals surface area contributed by atoms with Gasteiger partial charge in [-0.15, -0.1) is 0 Å². The Bertz CT molecular complexity index is 994. The van der Waals surface area contributed by atoms with Crippen molar-refractivity contribution >= 4 is 22.6 Å². The van der Waals surface area contributed by atoms with Gasteiger partial charge < -0.3 is 10.0 Å². The van der Waals surface area contributed by atoms with Crippen molar-refractivity contribution in [3.05, 3.63) is 77.6 Å². The summed E-state index contributed by atoms with van der Waals surface area (Å²) in [4.78, 5) is 31.5. The monoisotopic (exact) mass is 377 g/mol. The SMILES string of the molecule is CN(C)C(=O)c1ccc(C(C(=O)O)N(C)Cc2cccc3cnccc23)cc1. The van der Waals surface area contributed by atoms with E-state index in [1.165, 1.54) is 4.90 Å². The smallest absolute Gasteiger partial charge is 0.325 e. The van der Waals surface area contributed by atoms with Gasteiger partial charge in [-0.25, -0.2) is 0 Å². The van der Waals surface area contributed by atoms with E-state index in [9.17, 15) is 14.7 Å². The highest BCUT2D eigenvalue weighted by atomic mass is 16.4. The largest absolute Gasteiger partial charge is 0.480 e. The van der Waals surface area contributed by atoms with Crippen LogP contribution >= 0.6 is 0 Å². The van der Waals surface area contributed by atoms with Crippen molar-refractivity contribution in [2.45, 2.75) is 12.6 Å². The lowest BCUT2D eigenvalue weighted by Gasteiger charge is -2.26. The number of carboxylic acid groups (broad SMARTS) is 1. The van der Waals surface area contributed by atoms with Crippen molar-refractivity contribution in [2.24, 2.45) is 0 Å². The molecule has 144 valence electrons. The predicted molar refractivity (Wildman–Crippen MR) is 108 cm³/mol. The summed E-state index contributed by atoms with van der Waals surface area (Å²) in [6, 6.07) is 13.8. The molecular formula is C22H23N3O3. The molecule has 1 amide bonds. The molecule has 1 heterocycles. The third-order valence-corrected chi connectivity index (χ3v) is 4.75. The van der Waals surface area contributed by atoms with E-state index in [2.05, 4.69) is 4.98 Å². The molecule has 0 aliphatic rings. The maximum absolute atomic E-state index is 12.1. The van der Waals surface area contributed by atoms with Gasteiger partial charge in [-0.3, -0.25) is 19.5 Å². The first-order valence-electron chi connectivity index (χ1n) is 8.94. The first-order valence-corrected chi connectivity index (χ1v) is 8.94. The first-order chi connectivity index (χ1) is 13.4. The maximum Gasteiger partial charge on any atom is 0.325 e. The molecule has 0 bridgehead atoms. The van der Waals surface area contributed by atoms with Crippen LogP contribution in [0.2, 0.25) is 0 Å². The third-order valence-electron chi connectivity index (χ3n) is 4.75. The van der Waals surface area contributed by atoms with Gasteiger partial charge in [0.15, 0.2) is 0 Å². The van der Waals surface area contributed by atoms with Crippen LogP contribution in [0.4, 0.5) is 0 Å². The number of fused-ring (bicyclic) bond motifs is 1. The molecule has 6 nitrogen and oxygen atoms in total.